The standard InChI is InChI=1S/C15H25NO4/c1-2-3-9-20-10-8-16-13(17)11-15(12-14(18)19)6-4-5-7-15/h2H,1,3-12H2,(H,16,17)(H,18,19). The number of carbonyl (C=O) groups excluding carboxylic acids is 1. The van der Waals surface area contributed by atoms with Crippen molar-refractivity contribution in [2.24, 2.45) is 5.41 Å². The van der Waals surface area contributed by atoms with Gasteiger partial charge in [-0.3, -0.25) is 9.59 Å². The minimum absolute atomic E-state index is 0.0690. The number of carboxylic acid groups (broad SMARTS) is 1. The quantitative estimate of drug-likeness (QED) is 0.475. The molecule has 0 unspecified atom stereocenters. The third-order valence-electron chi connectivity index (χ3n) is 3.76. The SMILES string of the molecule is C=CCCOCCNC(=O)CC1(CC(=O)O)CCCC1. The van der Waals surface area contributed by atoms with E-state index in [0.717, 1.165) is 32.1 Å². The van der Waals surface area contributed by atoms with Gasteiger partial charge in [0, 0.05) is 13.0 Å². The summed E-state index contributed by atoms with van der Waals surface area (Å²) >= 11 is 0. The molecule has 0 spiro atoms. The minimum atomic E-state index is -0.813. The largest absolute Gasteiger partial charge is 0.481 e. The van der Waals surface area contributed by atoms with E-state index >= 15 is 0 Å². The first-order valence-corrected chi connectivity index (χ1v) is 7.25. The fourth-order valence-corrected chi connectivity index (χ4v) is 2.80. The third kappa shape index (κ3) is 6.19. The van der Waals surface area contributed by atoms with Gasteiger partial charge in [0.25, 0.3) is 0 Å². The summed E-state index contributed by atoms with van der Waals surface area (Å²) < 4.78 is 5.30. The predicted octanol–water partition coefficient (Wildman–Crippen LogP) is 2.12. The molecule has 5 heteroatoms. The normalized spacial score (nSPS) is 16.8. The highest BCUT2D eigenvalue weighted by Crippen LogP contribution is 2.43. The van der Waals surface area contributed by atoms with Crippen LogP contribution < -0.4 is 5.32 Å². The topological polar surface area (TPSA) is 75.6 Å². The Morgan fingerprint density at radius 3 is 2.55 bits per heavy atom. The van der Waals surface area contributed by atoms with Gasteiger partial charge in [0.2, 0.25) is 5.91 Å². The molecule has 1 saturated carbocycles. The molecule has 114 valence electrons. The van der Waals surface area contributed by atoms with Crippen LogP contribution in [0.25, 0.3) is 0 Å². The predicted molar refractivity (Wildman–Crippen MR) is 76.4 cm³/mol. The van der Waals surface area contributed by atoms with Gasteiger partial charge in [-0.2, -0.15) is 0 Å². The van der Waals surface area contributed by atoms with Crippen LogP contribution in [0.4, 0.5) is 0 Å². The number of ether oxygens (including phenoxy) is 1. The first-order chi connectivity index (χ1) is 9.58. The molecule has 5 nitrogen and oxygen atoms in total. The lowest BCUT2D eigenvalue weighted by molar-refractivity contribution is -0.140. The van der Waals surface area contributed by atoms with Crippen molar-refractivity contribution in [2.75, 3.05) is 19.8 Å². The van der Waals surface area contributed by atoms with E-state index in [4.69, 9.17) is 9.84 Å². The highest BCUT2D eigenvalue weighted by Gasteiger charge is 2.37. The van der Waals surface area contributed by atoms with Gasteiger partial charge < -0.3 is 15.2 Å². The maximum absolute atomic E-state index is 11.9. The van der Waals surface area contributed by atoms with Crippen molar-refractivity contribution in [2.45, 2.75) is 44.9 Å². The zero-order valence-electron chi connectivity index (χ0n) is 12.0. The number of carboxylic acids is 1. The van der Waals surface area contributed by atoms with Crippen molar-refractivity contribution >= 4 is 11.9 Å². The molecule has 0 atom stereocenters. The third-order valence-corrected chi connectivity index (χ3v) is 3.76. The number of hydrogen-bond donors (Lipinski definition) is 2. The van der Waals surface area contributed by atoms with Gasteiger partial charge in [0.1, 0.15) is 0 Å². The van der Waals surface area contributed by atoms with E-state index in [1.54, 1.807) is 6.08 Å². The molecule has 0 heterocycles. The highest BCUT2D eigenvalue weighted by atomic mass is 16.5. The fourth-order valence-electron chi connectivity index (χ4n) is 2.80. The zero-order valence-corrected chi connectivity index (χ0v) is 12.0. The van der Waals surface area contributed by atoms with E-state index in [0.29, 0.717) is 26.2 Å². The lowest BCUT2D eigenvalue weighted by Crippen LogP contribution is -2.33. The number of rotatable bonds is 10. The highest BCUT2D eigenvalue weighted by molar-refractivity contribution is 5.78. The van der Waals surface area contributed by atoms with Crippen LogP contribution in [0.3, 0.4) is 0 Å². The van der Waals surface area contributed by atoms with Gasteiger partial charge in [-0.25, -0.2) is 0 Å². The van der Waals surface area contributed by atoms with Crippen LogP contribution in [0.2, 0.25) is 0 Å². The molecule has 2 N–H and O–H groups in total. The lowest BCUT2D eigenvalue weighted by Gasteiger charge is -2.26. The molecule has 0 aliphatic heterocycles. The van der Waals surface area contributed by atoms with Crippen molar-refractivity contribution in [1.29, 1.82) is 0 Å². The fraction of sp³-hybridized carbons (Fsp3) is 0.733. The summed E-state index contributed by atoms with van der Waals surface area (Å²) in [5.41, 5.74) is -0.334. The number of hydrogen-bond acceptors (Lipinski definition) is 3. The number of amides is 1. The molecule has 1 aliphatic carbocycles. The molecule has 20 heavy (non-hydrogen) atoms. The van der Waals surface area contributed by atoms with Crippen LogP contribution in [0.15, 0.2) is 12.7 Å². The van der Waals surface area contributed by atoms with Gasteiger partial charge in [0.05, 0.1) is 19.6 Å². The van der Waals surface area contributed by atoms with Crippen LogP contribution in [-0.4, -0.2) is 36.7 Å². The number of nitrogens with one attached hydrogen (secondary N) is 1. The Morgan fingerprint density at radius 1 is 1.25 bits per heavy atom. The monoisotopic (exact) mass is 283 g/mol. The average Bonchev–Trinajstić information content (AvgIpc) is 2.80. The van der Waals surface area contributed by atoms with Crippen LogP contribution in [0.5, 0.6) is 0 Å². The summed E-state index contributed by atoms with van der Waals surface area (Å²) in [6.07, 6.45) is 6.70. The van der Waals surface area contributed by atoms with Crippen molar-refractivity contribution in [3.05, 3.63) is 12.7 Å². The molecule has 0 aromatic carbocycles. The Bertz CT molecular complexity index is 335. The summed E-state index contributed by atoms with van der Waals surface area (Å²) in [5, 5.41) is 11.8. The summed E-state index contributed by atoms with van der Waals surface area (Å²) in [5.74, 6) is -0.882. The minimum Gasteiger partial charge on any atom is -0.481 e. The van der Waals surface area contributed by atoms with E-state index in [9.17, 15) is 9.59 Å². The summed E-state index contributed by atoms with van der Waals surface area (Å²) in [6, 6.07) is 0. The number of carbonyl (C=O) groups is 2. The Morgan fingerprint density at radius 2 is 1.95 bits per heavy atom. The van der Waals surface area contributed by atoms with Gasteiger partial charge >= 0.3 is 5.97 Å². The molecule has 0 bridgehead atoms. The molecule has 0 aromatic rings. The van der Waals surface area contributed by atoms with Crippen LogP contribution >= 0.6 is 0 Å². The number of aliphatic carboxylic acids is 1. The second-order valence-corrected chi connectivity index (χ2v) is 5.49. The molecule has 1 aliphatic rings. The average molecular weight is 283 g/mol. The van der Waals surface area contributed by atoms with Gasteiger partial charge in [0.15, 0.2) is 0 Å². The van der Waals surface area contributed by atoms with E-state index in [-0.39, 0.29) is 17.7 Å². The van der Waals surface area contributed by atoms with E-state index in [2.05, 4.69) is 11.9 Å². The molecular weight excluding hydrogens is 258 g/mol. The van der Waals surface area contributed by atoms with Crippen molar-refractivity contribution in [3.8, 4) is 0 Å². The maximum Gasteiger partial charge on any atom is 0.303 e. The molecule has 0 radical (unpaired) electrons. The maximum atomic E-state index is 11.9. The summed E-state index contributed by atoms with van der Waals surface area (Å²) in [4.78, 5) is 22.8. The molecule has 1 amide bonds. The van der Waals surface area contributed by atoms with E-state index in [1.165, 1.54) is 0 Å². The Balaban J connectivity index is 2.25. The summed E-state index contributed by atoms with van der Waals surface area (Å²) in [7, 11) is 0. The second kappa shape index (κ2) is 8.74. The molecule has 1 rings (SSSR count). The van der Waals surface area contributed by atoms with Crippen LogP contribution in [-0.2, 0) is 14.3 Å². The first kappa shape index (κ1) is 16.7. The van der Waals surface area contributed by atoms with Gasteiger partial charge in [-0.05, 0) is 24.7 Å². The van der Waals surface area contributed by atoms with Crippen molar-refractivity contribution < 1.29 is 19.4 Å². The Hall–Kier alpha value is -1.36. The van der Waals surface area contributed by atoms with E-state index < -0.39 is 5.97 Å². The van der Waals surface area contributed by atoms with Gasteiger partial charge in [-0.15, -0.1) is 6.58 Å². The van der Waals surface area contributed by atoms with Crippen LogP contribution in [0, 0.1) is 5.41 Å². The smallest absolute Gasteiger partial charge is 0.303 e. The Labute approximate surface area is 120 Å². The van der Waals surface area contributed by atoms with E-state index in [1.807, 2.05) is 0 Å². The second-order valence-electron chi connectivity index (χ2n) is 5.49. The molecule has 0 saturated heterocycles. The summed E-state index contributed by atoms with van der Waals surface area (Å²) in [6.45, 7) is 5.16. The Kier molecular flexibility index (Phi) is 7.30. The molecule has 0 aromatic heterocycles. The molecular formula is C15H25NO4. The molecule has 1 fully saturated rings. The van der Waals surface area contributed by atoms with Crippen molar-refractivity contribution in [3.63, 3.8) is 0 Å². The van der Waals surface area contributed by atoms with Crippen LogP contribution in [0.1, 0.15) is 44.9 Å². The zero-order chi connectivity index (χ0) is 14.8. The van der Waals surface area contributed by atoms with Crippen molar-refractivity contribution in [1.82, 2.24) is 5.32 Å². The van der Waals surface area contributed by atoms with Gasteiger partial charge in [-0.1, -0.05) is 18.9 Å². The lowest BCUT2D eigenvalue weighted by atomic mass is 9.79. The first-order valence-electron chi connectivity index (χ1n) is 7.25.